The number of nitrogens with two attached hydrogens (primary N) is 1. The summed E-state index contributed by atoms with van der Waals surface area (Å²) in [5.74, 6) is -0.0282. The summed E-state index contributed by atoms with van der Waals surface area (Å²) in [6, 6.07) is 4.01. The van der Waals surface area contributed by atoms with Gasteiger partial charge in [0.15, 0.2) is 0 Å². The molecule has 0 aliphatic heterocycles. The number of sulfonamides is 1. The fraction of sp³-hybridized carbons (Fsp3) is 0.444. The molecule has 0 saturated heterocycles. The lowest BCUT2D eigenvalue weighted by Gasteiger charge is -2.19. The van der Waals surface area contributed by atoms with E-state index in [-0.39, 0.29) is 22.8 Å². The Morgan fingerprint density at radius 3 is 2.74 bits per heavy atom. The Bertz CT molecular complexity index is 918. The molecule has 7 nitrogen and oxygen atoms in total. The van der Waals surface area contributed by atoms with E-state index in [4.69, 9.17) is 10.5 Å². The molecule has 1 heterocycles. The number of thiazole rings is 1. The number of carbonyl (C=O) groups excluding carboxylic acids is 1. The zero-order chi connectivity index (χ0) is 19.4. The van der Waals surface area contributed by atoms with Gasteiger partial charge in [0.25, 0.3) is 5.91 Å². The molecule has 0 unspecified atom stereocenters. The van der Waals surface area contributed by atoms with Crippen molar-refractivity contribution in [2.24, 2.45) is 5.73 Å². The number of hydrogen-bond donors (Lipinski definition) is 2. The summed E-state index contributed by atoms with van der Waals surface area (Å²) < 4.78 is 32.7. The van der Waals surface area contributed by atoms with Crippen LogP contribution in [0.4, 0.5) is 0 Å². The van der Waals surface area contributed by atoms with Gasteiger partial charge in [0, 0.05) is 11.3 Å². The number of hydrogen-bond acceptors (Lipinski definition) is 6. The number of aromatic nitrogens is 1. The SMILES string of the molecule is COc1ccc(S(=O)(=O)NCc2nc(C3CCCCC3)cs2)cc1C(N)=O. The summed E-state index contributed by atoms with van der Waals surface area (Å²) in [5, 5.41) is 2.75. The van der Waals surface area contributed by atoms with Crippen LogP contribution in [0.5, 0.6) is 5.75 Å². The first-order valence-electron chi connectivity index (χ1n) is 8.82. The van der Waals surface area contributed by atoms with Crippen molar-refractivity contribution in [3.8, 4) is 5.75 Å². The zero-order valence-corrected chi connectivity index (χ0v) is 16.7. The predicted molar refractivity (Wildman–Crippen MR) is 103 cm³/mol. The van der Waals surface area contributed by atoms with Gasteiger partial charge in [-0.3, -0.25) is 4.79 Å². The Morgan fingerprint density at radius 1 is 1.33 bits per heavy atom. The molecule has 0 bridgehead atoms. The van der Waals surface area contributed by atoms with Crippen LogP contribution < -0.4 is 15.2 Å². The molecule has 1 amide bonds. The molecular formula is C18H23N3O4S2. The molecule has 0 atom stereocenters. The molecule has 0 radical (unpaired) electrons. The average molecular weight is 410 g/mol. The smallest absolute Gasteiger partial charge is 0.252 e. The van der Waals surface area contributed by atoms with Crippen LogP contribution in [-0.2, 0) is 16.6 Å². The van der Waals surface area contributed by atoms with Gasteiger partial charge in [-0.1, -0.05) is 19.3 Å². The number of benzene rings is 1. The number of primary amides is 1. The molecule has 9 heteroatoms. The highest BCUT2D eigenvalue weighted by atomic mass is 32.2. The van der Waals surface area contributed by atoms with Crippen molar-refractivity contribution >= 4 is 27.3 Å². The summed E-state index contributed by atoms with van der Waals surface area (Å²) >= 11 is 1.46. The molecule has 1 saturated carbocycles. The van der Waals surface area contributed by atoms with E-state index < -0.39 is 15.9 Å². The zero-order valence-electron chi connectivity index (χ0n) is 15.1. The van der Waals surface area contributed by atoms with E-state index in [1.54, 1.807) is 0 Å². The number of amides is 1. The van der Waals surface area contributed by atoms with Gasteiger partial charge in [0.05, 0.1) is 29.8 Å². The standard InChI is InChI=1S/C18H23N3O4S2/c1-25-16-8-7-13(9-14(16)18(19)22)27(23,24)20-10-17-21-15(11-26-17)12-5-3-2-4-6-12/h7-9,11-12,20H,2-6,10H2,1H3,(H2,19,22). The second-order valence-corrected chi connectivity index (χ2v) is 9.26. The molecule has 3 N–H and O–H groups in total. The Labute approximate surface area is 163 Å². The molecule has 1 fully saturated rings. The lowest BCUT2D eigenvalue weighted by atomic mass is 9.87. The van der Waals surface area contributed by atoms with Crippen molar-refractivity contribution < 1.29 is 17.9 Å². The second kappa shape index (κ2) is 8.37. The predicted octanol–water partition coefficient (Wildman–Crippen LogP) is 2.78. The van der Waals surface area contributed by atoms with Crippen LogP contribution in [0.2, 0.25) is 0 Å². The molecule has 3 rings (SSSR count). The molecule has 0 spiro atoms. The van der Waals surface area contributed by atoms with Crippen LogP contribution in [0.15, 0.2) is 28.5 Å². The average Bonchev–Trinajstić information content (AvgIpc) is 3.16. The van der Waals surface area contributed by atoms with Crippen molar-refractivity contribution in [1.82, 2.24) is 9.71 Å². The summed E-state index contributed by atoms with van der Waals surface area (Å²) in [6.07, 6.45) is 6.03. The molecular weight excluding hydrogens is 386 g/mol. The van der Waals surface area contributed by atoms with Crippen LogP contribution in [0.25, 0.3) is 0 Å². The summed E-state index contributed by atoms with van der Waals surface area (Å²) in [6.45, 7) is 0.109. The quantitative estimate of drug-likeness (QED) is 0.730. The summed E-state index contributed by atoms with van der Waals surface area (Å²) in [4.78, 5) is 16.1. The third kappa shape index (κ3) is 4.66. The maximum Gasteiger partial charge on any atom is 0.252 e. The van der Waals surface area contributed by atoms with E-state index in [1.807, 2.05) is 5.38 Å². The van der Waals surface area contributed by atoms with Crippen molar-refractivity contribution in [1.29, 1.82) is 0 Å². The Balaban J connectivity index is 1.71. The van der Waals surface area contributed by atoms with Crippen molar-refractivity contribution in [2.75, 3.05) is 7.11 Å². The Morgan fingerprint density at radius 2 is 2.07 bits per heavy atom. The fourth-order valence-corrected chi connectivity index (χ4v) is 5.20. The number of nitrogens with zero attached hydrogens (tertiary/aromatic N) is 1. The lowest BCUT2D eigenvalue weighted by molar-refractivity contribution is 0.0997. The van der Waals surface area contributed by atoms with Gasteiger partial charge in [-0.2, -0.15) is 0 Å². The van der Waals surface area contributed by atoms with Gasteiger partial charge in [0.2, 0.25) is 10.0 Å². The van der Waals surface area contributed by atoms with Gasteiger partial charge >= 0.3 is 0 Å². The second-order valence-electron chi connectivity index (χ2n) is 6.55. The van der Waals surface area contributed by atoms with Crippen molar-refractivity contribution in [3.63, 3.8) is 0 Å². The Kier molecular flexibility index (Phi) is 6.13. The van der Waals surface area contributed by atoms with Gasteiger partial charge in [-0.25, -0.2) is 18.1 Å². The topological polar surface area (TPSA) is 111 Å². The van der Waals surface area contributed by atoms with Gasteiger partial charge in [-0.15, -0.1) is 11.3 Å². The maximum absolute atomic E-state index is 12.6. The molecule has 27 heavy (non-hydrogen) atoms. The minimum absolute atomic E-state index is 0.0224. The number of carbonyl (C=O) groups is 1. The first kappa shape index (κ1) is 19.8. The van der Waals surface area contributed by atoms with Crippen LogP contribution in [-0.4, -0.2) is 26.4 Å². The molecule has 1 aliphatic carbocycles. The van der Waals surface area contributed by atoms with E-state index in [9.17, 15) is 13.2 Å². The minimum atomic E-state index is -3.80. The third-order valence-corrected chi connectivity index (χ3v) is 7.02. The van der Waals surface area contributed by atoms with Gasteiger partial charge < -0.3 is 10.5 Å². The van der Waals surface area contributed by atoms with E-state index in [0.717, 1.165) is 23.5 Å². The van der Waals surface area contributed by atoms with E-state index in [0.29, 0.717) is 5.92 Å². The fourth-order valence-electron chi connectivity index (χ4n) is 3.28. The normalized spacial score (nSPS) is 15.6. The van der Waals surface area contributed by atoms with Gasteiger partial charge in [-0.05, 0) is 31.0 Å². The van der Waals surface area contributed by atoms with Crippen LogP contribution in [0.3, 0.4) is 0 Å². The van der Waals surface area contributed by atoms with Crippen molar-refractivity contribution in [2.45, 2.75) is 49.5 Å². The first-order valence-corrected chi connectivity index (χ1v) is 11.2. The molecule has 1 aromatic heterocycles. The monoisotopic (exact) mass is 409 g/mol. The van der Waals surface area contributed by atoms with E-state index >= 15 is 0 Å². The third-order valence-electron chi connectivity index (χ3n) is 4.75. The largest absolute Gasteiger partial charge is 0.496 e. The summed E-state index contributed by atoms with van der Waals surface area (Å²) in [7, 11) is -2.41. The highest BCUT2D eigenvalue weighted by Crippen LogP contribution is 2.33. The first-order chi connectivity index (χ1) is 12.9. The van der Waals surface area contributed by atoms with Crippen LogP contribution in [0.1, 0.15) is 59.1 Å². The number of methoxy groups -OCH3 is 1. The molecule has 1 aromatic carbocycles. The van der Waals surface area contributed by atoms with Crippen LogP contribution in [0, 0.1) is 0 Å². The minimum Gasteiger partial charge on any atom is -0.496 e. The molecule has 146 valence electrons. The highest BCUT2D eigenvalue weighted by molar-refractivity contribution is 7.89. The van der Waals surface area contributed by atoms with Crippen LogP contribution >= 0.6 is 11.3 Å². The number of nitrogens with one attached hydrogen (secondary N) is 1. The molecule has 2 aromatic rings. The lowest BCUT2D eigenvalue weighted by Crippen LogP contribution is -2.24. The van der Waals surface area contributed by atoms with Crippen molar-refractivity contribution in [3.05, 3.63) is 39.8 Å². The van der Waals surface area contributed by atoms with E-state index in [1.165, 1.54) is 55.9 Å². The molecule has 1 aliphatic rings. The number of rotatable bonds is 7. The highest BCUT2D eigenvalue weighted by Gasteiger charge is 2.21. The summed E-state index contributed by atoms with van der Waals surface area (Å²) in [5.41, 5.74) is 6.39. The number of ether oxygens (including phenoxy) is 1. The Hall–Kier alpha value is -1.97. The maximum atomic E-state index is 12.6. The van der Waals surface area contributed by atoms with E-state index in [2.05, 4.69) is 9.71 Å². The van der Waals surface area contributed by atoms with Gasteiger partial charge in [0.1, 0.15) is 10.8 Å².